The SMILES string of the molecule is CC(CC(=O)O)c1c[nH]c2ccccc12.[Al]. The third-order valence-electron chi connectivity index (χ3n) is 2.63. The van der Waals surface area contributed by atoms with Gasteiger partial charge in [-0.05, 0) is 17.5 Å². The van der Waals surface area contributed by atoms with Gasteiger partial charge in [-0.1, -0.05) is 25.1 Å². The monoisotopic (exact) mass is 230 g/mol. The van der Waals surface area contributed by atoms with Crippen LogP contribution in [-0.2, 0) is 4.79 Å². The first-order valence-electron chi connectivity index (χ1n) is 4.96. The first kappa shape index (κ1) is 12.8. The molecule has 1 atom stereocenters. The third kappa shape index (κ3) is 2.47. The molecular weight excluding hydrogens is 217 g/mol. The number of carboxylic acid groups (broad SMARTS) is 1. The summed E-state index contributed by atoms with van der Waals surface area (Å²) in [5.41, 5.74) is 2.14. The van der Waals surface area contributed by atoms with E-state index in [4.69, 9.17) is 5.11 Å². The fraction of sp³-hybridized carbons (Fsp3) is 0.250. The minimum Gasteiger partial charge on any atom is -0.481 e. The van der Waals surface area contributed by atoms with Crippen LogP contribution in [0, 0.1) is 0 Å². The molecule has 0 aliphatic heterocycles. The van der Waals surface area contributed by atoms with Gasteiger partial charge in [-0.15, -0.1) is 0 Å². The summed E-state index contributed by atoms with van der Waals surface area (Å²) in [6.45, 7) is 1.93. The van der Waals surface area contributed by atoms with Crippen LogP contribution in [0.5, 0.6) is 0 Å². The Hall–Kier alpha value is -1.24. The predicted molar refractivity (Wildman–Crippen MR) is 64.7 cm³/mol. The molecule has 2 rings (SSSR count). The molecule has 2 N–H and O–H groups in total. The molecule has 0 aliphatic carbocycles. The van der Waals surface area contributed by atoms with E-state index in [-0.39, 0.29) is 29.7 Å². The van der Waals surface area contributed by atoms with Crippen molar-refractivity contribution in [2.45, 2.75) is 19.3 Å². The van der Waals surface area contributed by atoms with Gasteiger partial charge < -0.3 is 10.1 Å². The number of carboxylic acids is 1. The van der Waals surface area contributed by atoms with Crippen LogP contribution < -0.4 is 0 Å². The normalized spacial score (nSPS) is 12.1. The Morgan fingerprint density at radius 2 is 2.12 bits per heavy atom. The van der Waals surface area contributed by atoms with Gasteiger partial charge in [0.05, 0.1) is 6.42 Å². The van der Waals surface area contributed by atoms with Gasteiger partial charge in [-0.25, -0.2) is 0 Å². The number of nitrogens with one attached hydrogen (secondary N) is 1. The maximum Gasteiger partial charge on any atom is 0.303 e. The zero-order valence-corrected chi connectivity index (χ0v) is 10.3. The van der Waals surface area contributed by atoms with Crippen LogP contribution in [0.1, 0.15) is 24.8 Å². The number of hydrogen-bond donors (Lipinski definition) is 2. The molecule has 16 heavy (non-hydrogen) atoms. The van der Waals surface area contributed by atoms with E-state index in [2.05, 4.69) is 4.98 Å². The number of para-hydroxylation sites is 1. The topological polar surface area (TPSA) is 53.1 Å². The minimum atomic E-state index is -0.757. The number of H-pyrrole nitrogens is 1. The summed E-state index contributed by atoms with van der Waals surface area (Å²) < 4.78 is 0. The molecule has 3 nitrogen and oxygen atoms in total. The summed E-state index contributed by atoms with van der Waals surface area (Å²) in [5, 5.41) is 9.86. The van der Waals surface area contributed by atoms with Gasteiger partial charge in [0.15, 0.2) is 0 Å². The smallest absolute Gasteiger partial charge is 0.303 e. The van der Waals surface area contributed by atoms with Crippen LogP contribution in [0.4, 0.5) is 0 Å². The number of aromatic amines is 1. The maximum absolute atomic E-state index is 10.6. The van der Waals surface area contributed by atoms with E-state index in [1.807, 2.05) is 37.4 Å². The molecule has 3 radical (unpaired) electrons. The second kappa shape index (κ2) is 5.20. The van der Waals surface area contributed by atoms with Crippen molar-refractivity contribution < 1.29 is 9.90 Å². The quantitative estimate of drug-likeness (QED) is 0.795. The van der Waals surface area contributed by atoms with Crippen LogP contribution in [0.2, 0.25) is 0 Å². The number of fused-ring (bicyclic) bond motifs is 1. The number of aliphatic carboxylic acids is 1. The van der Waals surface area contributed by atoms with Gasteiger partial charge in [-0.3, -0.25) is 4.79 Å². The Balaban J connectivity index is 0.00000128. The number of hydrogen-bond acceptors (Lipinski definition) is 1. The standard InChI is InChI=1S/C12H13NO2.Al/c1-8(6-12(14)15)10-7-13-11-5-3-2-4-9(10)11;/h2-5,7-8,13H,6H2,1H3,(H,14,15);. The molecule has 4 heteroatoms. The van der Waals surface area contributed by atoms with E-state index in [9.17, 15) is 4.79 Å². The molecule has 0 bridgehead atoms. The number of benzene rings is 1. The van der Waals surface area contributed by atoms with E-state index in [0.29, 0.717) is 0 Å². The van der Waals surface area contributed by atoms with Gasteiger partial charge in [-0.2, -0.15) is 0 Å². The first-order chi connectivity index (χ1) is 7.18. The highest BCUT2D eigenvalue weighted by molar-refractivity contribution is 5.84. The fourth-order valence-corrected chi connectivity index (χ4v) is 1.87. The molecule has 1 aromatic heterocycles. The zero-order valence-electron chi connectivity index (χ0n) is 9.10. The molecule has 0 amide bonds. The highest BCUT2D eigenvalue weighted by Gasteiger charge is 2.13. The second-order valence-corrected chi connectivity index (χ2v) is 3.79. The molecule has 0 fully saturated rings. The molecule has 1 aromatic carbocycles. The summed E-state index contributed by atoms with van der Waals surface area (Å²) >= 11 is 0. The minimum absolute atomic E-state index is 0. The van der Waals surface area contributed by atoms with Crippen molar-refractivity contribution in [2.75, 3.05) is 0 Å². The molecular formula is C12H13AlNO2. The van der Waals surface area contributed by atoms with E-state index in [1.165, 1.54) is 0 Å². The predicted octanol–water partition coefficient (Wildman–Crippen LogP) is 2.37. The molecule has 0 spiro atoms. The molecule has 0 aliphatic rings. The molecule has 2 aromatic rings. The Morgan fingerprint density at radius 1 is 1.44 bits per heavy atom. The van der Waals surface area contributed by atoms with E-state index in [1.54, 1.807) is 0 Å². The van der Waals surface area contributed by atoms with Crippen molar-refractivity contribution in [3.05, 3.63) is 36.0 Å². The van der Waals surface area contributed by atoms with Gasteiger partial charge in [0, 0.05) is 34.5 Å². The van der Waals surface area contributed by atoms with Crippen LogP contribution in [-0.4, -0.2) is 33.4 Å². The van der Waals surface area contributed by atoms with Crippen molar-refractivity contribution in [1.29, 1.82) is 0 Å². The van der Waals surface area contributed by atoms with Crippen LogP contribution >= 0.6 is 0 Å². The zero-order chi connectivity index (χ0) is 10.8. The van der Waals surface area contributed by atoms with Crippen molar-refractivity contribution in [1.82, 2.24) is 4.98 Å². The summed E-state index contributed by atoms with van der Waals surface area (Å²) in [5.74, 6) is -0.716. The van der Waals surface area contributed by atoms with E-state index < -0.39 is 5.97 Å². The Kier molecular flexibility index (Phi) is 4.17. The second-order valence-electron chi connectivity index (χ2n) is 3.79. The van der Waals surface area contributed by atoms with Crippen molar-refractivity contribution in [3.63, 3.8) is 0 Å². The average Bonchev–Trinajstić information content (AvgIpc) is 2.59. The summed E-state index contributed by atoms with van der Waals surface area (Å²) in [4.78, 5) is 13.8. The van der Waals surface area contributed by atoms with Crippen LogP contribution in [0.25, 0.3) is 10.9 Å². The molecule has 1 unspecified atom stereocenters. The highest BCUT2D eigenvalue weighted by atomic mass is 27.0. The van der Waals surface area contributed by atoms with Crippen LogP contribution in [0.3, 0.4) is 0 Å². The largest absolute Gasteiger partial charge is 0.481 e. The van der Waals surface area contributed by atoms with Crippen molar-refractivity contribution in [2.24, 2.45) is 0 Å². The maximum atomic E-state index is 10.6. The number of aromatic nitrogens is 1. The van der Waals surface area contributed by atoms with E-state index in [0.717, 1.165) is 16.5 Å². The molecule has 81 valence electrons. The number of carbonyl (C=O) groups is 1. The average molecular weight is 230 g/mol. The number of rotatable bonds is 3. The first-order valence-corrected chi connectivity index (χ1v) is 4.96. The van der Waals surface area contributed by atoms with E-state index >= 15 is 0 Å². The lowest BCUT2D eigenvalue weighted by molar-refractivity contribution is -0.137. The molecule has 0 saturated heterocycles. The Morgan fingerprint density at radius 3 is 2.81 bits per heavy atom. The van der Waals surface area contributed by atoms with Gasteiger partial charge in [0.25, 0.3) is 0 Å². The lowest BCUT2D eigenvalue weighted by atomic mass is 9.97. The van der Waals surface area contributed by atoms with Crippen molar-refractivity contribution >= 4 is 34.2 Å². The lowest BCUT2D eigenvalue weighted by Crippen LogP contribution is -2.02. The highest BCUT2D eigenvalue weighted by Crippen LogP contribution is 2.27. The summed E-state index contributed by atoms with van der Waals surface area (Å²) in [6, 6.07) is 7.93. The lowest BCUT2D eigenvalue weighted by Gasteiger charge is -2.06. The van der Waals surface area contributed by atoms with Gasteiger partial charge in [0.1, 0.15) is 0 Å². The summed E-state index contributed by atoms with van der Waals surface area (Å²) in [6.07, 6.45) is 2.07. The molecule has 1 heterocycles. The molecule has 0 saturated carbocycles. The Bertz CT molecular complexity index is 492. The fourth-order valence-electron chi connectivity index (χ4n) is 1.87. The van der Waals surface area contributed by atoms with Crippen LogP contribution in [0.15, 0.2) is 30.5 Å². The van der Waals surface area contributed by atoms with Gasteiger partial charge in [0.2, 0.25) is 0 Å². The third-order valence-corrected chi connectivity index (χ3v) is 2.63. The Labute approximate surface area is 105 Å². The van der Waals surface area contributed by atoms with Gasteiger partial charge >= 0.3 is 5.97 Å². The van der Waals surface area contributed by atoms with Crippen molar-refractivity contribution in [3.8, 4) is 0 Å². The summed E-state index contributed by atoms with van der Waals surface area (Å²) in [7, 11) is 0.